The van der Waals surface area contributed by atoms with Gasteiger partial charge in [0.15, 0.2) is 0 Å². The highest BCUT2D eigenvalue weighted by atomic mass is 16.5. The van der Waals surface area contributed by atoms with Gasteiger partial charge in [-0.25, -0.2) is 0 Å². The van der Waals surface area contributed by atoms with Gasteiger partial charge in [0.25, 0.3) is 0 Å². The first-order chi connectivity index (χ1) is 9.72. The summed E-state index contributed by atoms with van der Waals surface area (Å²) < 4.78 is 5.46. The first kappa shape index (κ1) is 16.5. The van der Waals surface area contributed by atoms with E-state index < -0.39 is 0 Å². The number of carbonyl (C=O) groups excluding carboxylic acids is 2. The Morgan fingerprint density at radius 1 is 1.20 bits per heavy atom. The Kier molecular flexibility index (Phi) is 8.43. The van der Waals surface area contributed by atoms with Crippen molar-refractivity contribution in [1.29, 1.82) is 0 Å². The third-order valence-electron chi connectivity index (χ3n) is 2.86. The highest BCUT2D eigenvalue weighted by Crippen LogP contribution is 2.10. The summed E-state index contributed by atoms with van der Waals surface area (Å²) in [6.07, 6.45) is 4.94. The first-order valence-electron chi connectivity index (χ1n) is 7.06. The number of amides is 2. The fourth-order valence-corrected chi connectivity index (χ4v) is 1.78. The van der Waals surface area contributed by atoms with E-state index in [1.54, 1.807) is 0 Å². The maximum atomic E-state index is 11.5. The Morgan fingerprint density at radius 3 is 2.85 bits per heavy atom. The monoisotopic (exact) mass is 281 g/mol. The van der Waals surface area contributed by atoms with Gasteiger partial charge in [-0.3, -0.25) is 9.59 Å². The van der Waals surface area contributed by atoms with E-state index in [2.05, 4.69) is 22.5 Å². The second kappa shape index (κ2) is 10.2. The van der Waals surface area contributed by atoms with Crippen LogP contribution in [0.5, 0.6) is 0 Å². The Labute approximate surface area is 119 Å². The van der Waals surface area contributed by atoms with Gasteiger partial charge < -0.3 is 21.1 Å². The molecule has 0 fully saturated rings. The van der Waals surface area contributed by atoms with Crippen LogP contribution in [0.1, 0.15) is 32.1 Å². The molecule has 1 aliphatic rings. The molecule has 4 N–H and O–H groups in total. The molecule has 2 amide bonds. The van der Waals surface area contributed by atoms with Crippen LogP contribution in [0.2, 0.25) is 0 Å². The number of rotatable bonds is 7. The number of carbonyl (C=O) groups is 2. The molecular weight excluding hydrogens is 258 g/mol. The summed E-state index contributed by atoms with van der Waals surface area (Å²) in [5, 5.41) is 5.06. The summed E-state index contributed by atoms with van der Waals surface area (Å²) >= 11 is 0. The van der Waals surface area contributed by atoms with Gasteiger partial charge in [0, 0.05) is 19.5 Å². The van der Waals surface area contributed by atoms with E-state index >= 15 is 0 Å². The fourth-order valence-electron chi connectivity index (χ4n) is 1.78. The predicted molar refractivity (Wildman–Crippen MR) is 75.7 cm³/mol. The first-order valence-corrected chi connectivity index (χ1v) is 7.06. The minimum atomic E-state index is -0.309. The van der Waals surface area contributed by atoms with Crippen LogP contribution in [0.15, 0.2) is 0 Å². The molecule has 0 heterocycles. The fraction of sp³-hybridized carbons (Fsp3) is 0.714. The molecule has 0 radical (unpaired) electrons. The molecule has 1 rings (SSSR count). The van der Waals surface area contributed by atoms with Crippen LogP contribution < -0.4 is 16.4 Å². The summed E-state index contributed by atoms with van der Waals surface area (Å²) in [7, 11) is 0. The molecule has 6 heteroatoms. The van der Waals surface area contributed by atoms with Gasteiger partial charge in [-0.1, -0.05) is 12.3 Å². The average Bonchev–Trinajstić information content (AvgIpc) is 2.41. The van der Waals surface area contributed by atoms with Crippen molar-refractivity contribution in [2.75, 3.05) is 26.2 Å². The highest BCUT2D eigenvalue weighted by molar-refractivity contribution is 5.85. The molecule has 1 aliphatic carbocycles. The third kappa shape index (κ3) is 7.77. The summed E-state index contributed by atoms with van der Waals surface area (Å²) in [6, 6.07) is 0. The average molecular weight is 281 g/mol. The zero-order valence-corrected chi connectivity index (χ0v) is 11.7. The lowest BCUT2D eigenvalue weighted by atomic mass is 10.1. The molecule has 6 nitrogen and oxygen atoms in total. The highest BCUT2D eigenvalue weighted by Gasteiger charge is 2.11. The van der Waals surface area contributed by atoms with Gasteiger partial charge in [-0.15, -0.1) is 5.92 Å². The zero-order chi connectivity index (χ0) is 14.6. The van der Waals surface area contributed by atoms with Crippen molar-refractivity contribution in [3.8, 4) is 11.8 Å². The third-order valence-corrected chi connectivity index (χ3v) is 2.86. The van der Waals surface area contributed by atoms with Crippen molar-refractivity contribution in [1.82, 2.24) is 10.6 Å². The lowest BCUT2D eigenvalue weighted by Gasteiger charge is -2.13. The minimum absolute atomic E-state index is 0.0570. The van der Waals surface area contributed by atoms with Crippen LogP contribution in [-0.2, 0) is 14.3 Å². The van der Waals surface area contributed by atoms with E-state index in [1.165, 1.54) is 0 Å². The number of nitrogens with one attached hydrogen (secondary N) is 2. The molecule has 20 heavy (non-hydrogen) atoms. The number of hydrogen-bond donors (Lipinski definition) is 3. The number of hydrogen-bond acceptors (Lipinski definition) is 4. The molecule has 0 aromatic rings. The van der Waals surface area contributed by atoms with Crippen molar-refractivity contribution in [3.05, 3.63) is 0 Å². The number of nitrogens with two attached hydrogens (primary N) is 1. The molecule has 1 atom stereocenters. The van der Waals surface area contributed by atoms with E-state index in [1.807, 2.05) is 0 Å². The van der Waals surface area contributed by atoms with Gasteiger partial charge >= 0.3 is 0 Å². The Balaban J connectivity index is 2.16. The second-order valence-electron chi connectivity index (χ2n) is 4.64. The van der Waals surface area contributed by atoms with Crippen LogP contribution in [-0.4, -0.2) is 44.2 Å². The summed E-state index contributed by atoms with van der Waals surface area (Å²) in [5.74, 6) is 5.51. The topological polar surface area (TPSA) is 93.5 Å². The summed E-state index contributed by atoms with van der Waals surface area (Å²) in [6.45, 7) is 0.661. The van der Waals surface area contributed by atoms with Crippen molar-refractivity contribution in [2.24, 2.45) is 5.73 Å². The number of ether oxygens (including phenoxy) is 1. The Hall–Kier alpha value is -1.58. The molecule has 0 aliphatic heterocycles. The minimum Gasteiger partial charge on any atom is -0.356 e. The van der Waals surface area contributed by atoms with Crippen LogP contribution in [0.25, 0.3) is 0 Å². The standard InChI is InChI=1S/C14H23N3O3/c15-8-9-16-13(18)10-17-14(19)11-20-12-6-4-2-1-3-5-7-12/h12H,1-4,6,8-11,15H2,(H,16,18)(H,17,19). The van der Waals surface area contributed by atoms with Gasteiger partial charge in [0.05, 0.1) is 6.54 Å². The second-order valence-corrected chi connectivity index (χ2v) is 4.64. The van der Waals surface area contributed by atoms with E-state index in [9.17, 15) is 9.59 Å². The molecule has 0 saturated carbocycles. The largest absolute Gasteiger partial charge is 0.356 e. The van der Waals surface area contributed by atoms with E-state index in [-0.39, 0.29) is 31.1 Å². The Morgan fingerprint density at radius 2 is 2.05 bits per heavy atom. The quantitative estimate of drug-likeness (QED) is 0.550. The molecule has 0 saturated heterocycles. The zero-order valence-electron chi connectivity index (χ0n) is 11.7. The SMILES string of the molecule is NCCNC(=O)CNC(=O)COC1C#CCCCCC1. The maximum Gasteiger partial charge on any atom is 0.246 e. The van der Waals surface area contributed by atoms with Crippen LogP contribution >= 0.6 is 0 Å². The van der Waals surface area contributed by atoms with E-state index in [0.717, 1.165) is 32.1 Å². The summed E-state index contributed by atoms with van der Waals surface area (Å²) in [5.41, 5.74) is 5.25. The lowest BCUT2D eigenvalue weighted by molar-refractivity contribution is -0.129. The molecule has 112 valence electrons. The smallest absolute Gasteiger partial charge is 0.246 e. The predicted octanol–water partition coefficient (Wildman–Crippen LogP) is -0.470. The van der Waals surface area contributed by atoms with Crippen molar-refractivity contribution >= 4 is 11.8 Å². The van der Waals surface area contributed by atoms with Crippen LogP contribution in [0.4, 0.5) is 0 Å². The van der Waals surface area contributed by atoms with Gasteiger partial charge in [0.2, 0.25) is 11.8 Å². The van der Waals surface area contributed by atoms with E-state index in [4.69, 9.17) is 10.5 Å². The van der Waals surface area contributed by atoms with Gasteiger partial charge in [0.1, 0.15) is 12.7 Å². The molecule has 0 aromatic heterocycles. The van der Waals surface area contributed by atoms with Crippen molar-refractivity contribution in [2.45, 2.75) is 38.2 Å². The van der Waals surface area contributed by atoms with Gasteiger partial charge in [-0.05, 0) is 19.3 Å². The molecular formula is C14H23N3O3. The van der Waals surface area contributed by atoms with Crippen LogP contribution in [0, 0.1) is 11.8 Å². The molecule has 0 aromatic carbocycles. The van der Waals surface area contributed by atoms with Crippen LogP contribution in [0.3, 0.4) is 0 Å². The van der Waals surface area contributed by atoms with Gasteiger partial charge in [-0.2, -0.15) is 0 Å². The van der Waals surface area contributed by atoms with E-state index in [0.29, 0.717) is 13.1 Å². The normalized spacial score (nSPS) is 18.1. The van der Waals surface area contributed by atoms with Crippen molar-refractivity contribution < 1.29 is 14.3 Å². The summed E-state index contributed by atoms with van der Waals surface area (Å²) in [4.78, 5) is 22.8. The molecule has 0 spiro atoms. The van der Waals surface area contributed by atoms with Crippen molar-refractivity contribution in [3.63, 3.8) is 0 Å². The molecule has 1 unspecified atom stereocenters. The maximum absolute atomic E-state index is 11.5. The Bertz CT molecular complexity index is 374. The molecule has 0 bridgehead atoms. The lowest BCUT2D eigenvalue weighted by Crippen LogP contribution is -2.40.